The highest BCUT2D eigenvalue weighted by atomic mass is 32.2. The molecule has 38 heavy (non-hydrogen) atoms. The Bertz CT molecular complexity index is 1020. The molecule has 4 fully saturated rings. The second-order valence-corrected chi connectivity index (χ2v) is 12.4. The highest BCUT2D eigenvalue weighted by molar-refractivity contribution is 7.98. The zero-order chi connectivity index (χ0) is 27.3. The van der Waals surface area contributed by atoms with Gasteiger partial charge < -0.3 is 26.4 Å². The van der Waals surface area contributed by atoms with Crippen LogP contribution in [0, 0.1) is 17.3 Å². The summed E-state index contributed by atoms with van der Waals surface area (Å²) in [6, 6.07) is 8.00. The van der Waals surface area contributed by atoms with E-state index in [-0.39, 0.29) is 24.3 Å². The third-order valence-electron chi connectivity index (χ3n) is 8.40. The number of rotatable bonds is 12. The molecule has 5 N–H and O–H groups in total. The van der Waals surface area contributed by atoms with Crippen molar-refractivity contribution in [1.29, 1.82) is 0 Å². The lowest BCUT2D eigenvalue weighted by Crippen LogP contribution is -2.66. The van der Waals surface area contributed by atoms with Gasteiger partial charge in [-0.1, -0.05) is 30.3 Å². The first-order chi connectivity index (χ1) is 18.2. The summed E-state index contributed by atoms with van der Waals surface area (Å²) in [6.45, 7) is -0.259. The first-order valence-corrected chi connectivity index (χ1v) is 14.8. The third-order valence-corrected chi connectivity index (χ3v) is 9.04. The number of carbonyl (C=O) groups excluding carboxylic acids is 4. The van der Waals surface area contributed by atoms with Crippen LogP contribution in [0.25, 0.3) is 0 Å². The van der Waals surface area contributed by atoms with Crippen molar-refractivity contribution in [3.05, 3.63) is 35.9 Å². The molecule has 1 aromatic carbocycles. The topological polar surface area (TPSA) is 140 Å². The molecule has 0 heterocycles. The van der Waals surface area contributed by atoms with Gasteiger partial charge in [0.15, 0.2) is 0 Å². The summed E-state index contributed by atoms with van der Waals surface area (Å²) in [6.07, 6.45) is 7.73. The van der Waals surface area contributed by atoms with Crippen LogP contribution in [0.4, 0.5) is 0 Å². The molecule has 0 aliphatic heterocycles. The molecule has 4 bridgehead atoms. The average molecular weight is 545 g/mol. The van der Waals surface area contributed by atoms with Crippen LogP contribution in [0.15, 0.2) is 30.3 Å². The number of amides is 3. The predicted octanol–water partition coefficient (Wildman–Crippen LogP) is 1.54. The lowest BCUT2D eigenvalue weighted by Gasteiger charge is -2.60. The highest BCUT2D eigenvalue weighted by Crippen LogP contribution is 2.62. The second kappa shape index (κ2) is 12.1. The lowest BCUT2D eigenvalue weighted by atomic mass is 9.47. The smallest absolute Gasteiger partial charge is 0.311 e. The first-order valence-electron chi connectivity index (χ1n) is 13.4. The summed E-state index contributed by atoms with van der Waals surface area (Å²) in [5.41, 5.74) is 5.79. The van der Waals surface area contributed by atoms with Crippen molar-refractivity contribution < 1.29 is 23.9 Å². The molecular formula is C28H40N4O5S. The van der Waals surface area contributed by atoms with Gasteiger partial charge in [0.05, 0.1) is 25.1 Å². The number of ether oxygens (including phenoxy) is 1. The highest BCUT2D eigenvalue weighted by Gasteiger charge is 2.61. The Labute approximate surface area is 228 Å². The summed E-state index contributed by atoms with van der Waals surface area (Å²) in [5.74, 6) is 0.216. The van der Waals surface area contributed by atoms with Crippen molar-refractivity contribution in [3.8, 4) is 0 Å². The molecule has 1 aromatic rings. The van der Waals surface area contributed by atoms with Crippen molar-refractivity contribution in [2.45, 2.75) is 69.0 Å². The van der Waals surface area contributed by atoms with Crippen molar-refractivity contribution in [2.24, 2.45) is 23.0 Å². The maximum Gasteiger partial charge on any atom is 0.311 e. The van der Waals surface area contributed by atoms with Gasteiger partial charge in [-0.2, -0.15) is 11.8 Å². The normalized spacial score (nSPS) is 28.7. The van der Waals surface area contributed by atoms with Gasteiger partial charge in [-0.05, 0) is 74.4 Å². The van der Waals surface area contributed by atoms with Crippen LogP contribution in [0.2, 0.25) is 0 Å². The molecule has 0 spiro atoms. The van der Waals surface area contributed by atoms with E-state index < -0.39 is 28.9 Å². The molecule has 4 aliphatic rings. The molecule has 0 radical (unpaired) electrons. The van der Waals surface area contributed by atoms with Crippen molar-refractivity contribution >= 4 is 35.5 Å². The monoisotopic (exact) mass is 544 g/mol. The molecule has 2 unspecified atom stereocenters. The largest absolute Gasteiger partial charge is 0.469 e. The standard InChI is InChI=1S/C28H40N4O5S/c1-37-26(36)27-12-19-10-20(13-27)15-28(14-19,17-27)32-25(35)22(11-18-6-4-3-5-7-18)31-23(33)16-30-24(34)21(29)8-9-38-2/h3-7,19-22H,8-17,29H2,1-2H3,(H,30,34)(H,31,33)(H,32,35)/t19?,20?,21-,22+,27?,28?/m1/s1. The van der Waals surface area contributed by atoms with Gasteiger partial charge in [0.25, 0.3) is 0 Å². The number of hydrogen-bond donors (Lipinski definition) is 4. The second-order valence-electron chi connectivity index (χ2n) is 11.4. The maximum atomic E-state index is 13.7. The Kier molecular flexibility index (Phi) is 9.03. The Morgan fingerprint density at radius 2 is 1.76 bits per heavy atom. The summed E-state index contributed by atoms with van der Waals surface area (Å²) in [5, 5.41) is 8.70. The van der Waals surface area contributed by atoms with Gasteiger partial charge in [0, 0.05) is 12.0 Å². The van der Waals surface area contributed by atoms with E-state index in [1.165, 1.54) is 7.11 Å². The molecule has 9 nitrogen and oxygen atoms in total. The summed E-state index contributed by atoms with van der Waals surface area (Å²) in [7, 11) is 1.44. The molecule has 5 rings (SSSR count). The number of hydrogen-bond acceptors (Lipinski definition) is 7. The third kappa shape index (κ3) is 6.51. The molecule has 4 aliphatic carbocycles. The molecule has 4 atom stereocenters. The molecule has 208 valence electrons. The fourth-order valence-corrected chi connectivity index (χ4v) is 7.68. The van der Waals surface area contributed by atoms with Crippen LogP contribution in [0.1, 0.15) is 50.5 Å². The quantitative estimate of drug-likeness (QED) is 0.293. The fraction of sp³-hybridized carbons (Fsp3) is 0.643. The number of esters is 1. The van der Waals surface area contributed by atoms with E-state index in [0.717, 1.165) is 43.4 Å². The fourth-order valence-electron chi connectivity index (χ4n) is 7.19. The number of benzene rings is 1. The average Bonchev–Trinajstić information content (AvgIpc) is 2.89. The number of carbonyl (C=O) groups is 4. The van der Waals surface area contributed by atoms with Crippen molar-refractivity contribution in [3.63, 3.8) is 0 Å². The number of nitrogens with two attached hydrogens (primary N) is 1. The minimum Gasteiger partial charge on any atom is -0.469 e. The van der Waals surface area contributed by atoms with E-state index in [4.69, 9.17) is 10.5 Å². The van der Waals surface area contributed by atoms with Gasteiger partial charge in [-0.25, -0.2) is 0 Å². The SMILES string of the molecule is COC(=O)C12CC3CC(CC(NC(=O)[C@H](Cc4ccccc4)NC(=O)CNC(=O)[C@H](N)CCSC)(C3)C1)C2. The van der Waals surface area contributed by atoms with Gasteiger partial charge in [0.2, 0.25) is 17.7 Å². The number of nitrogens with one attached hydrogen (secondary N) is 3. The van der Waals surface area contributed by atoms with E-state index in [1.807, 2.05) is 36.6 Å². The van der Waals surface area contributed by atoms with E-state index >= 15 is 0 Å². The van der Waals surface area contributed by atoms with Crippen molar-refractivity contribution in [2.75, 3.05) is 25.7 Å². The molecule has 10 heteroatoms. The van der Waals surface area contributed by atoms with Gasteiger partial charge in [-0.3, -0.25) is 19.2 Å². The van der Waals surface area contributed by atoms with Crippen molar-refractivity contribution in [1.82, 2.24) is 16.0 Å². The Morgan fingerprint density at radius 3 is 2.39 bits per heavy atom. The molecule has 3 amide bonds. The number of thioether (sulfide) groups is 1. The lowest BCUT2D eigenvalue weighted by molar-refractivity contribution is -0.173. The predicted molar refractivity (Wildman–Crippen MR) is 146 cm³/mol. The van der Waals surface area contributed by atoms with Crippen LogP contribution >= 0.6 is 11.8 Å². The van der Waals surface area contributed by atoms with Crippen LogP contribution < -0.4 is 21.7 Å². The zero-order valence-electron chi connectivity index (χ0n) is 22.3. The zero-order valence-corrected chi connectivity index (χ0v) is 23.1. The van der Waals surface area contributed by atoms with E-state index in [1.54, 1.807) is 11.8 Å². The van der Waals surface area contributed by atoms with Crippen LogP contribution in [-0.2, 0) is 30.3 Å². The van der Waals surface area contributed by atoms with E-state index in [2.05, 4.69) is 16.0 Å². The molecule has 4 saturated carbocycles. The number of methoxy groups -OCH3 is 1. The molecule has 0 saturated heterocycles. The van der Waals surface area contributed by atoms with E-state index in [9.17, 15) is 19.2 Å². The minimum absolute atomic E-state index is 0.175. The van der Waals surface area contributed by atoms with Crippen LogP contribution in [0.5, 0.6) is 0 Å². The Hall–Kier alpha value is -2.59. The Morgan fingerprint density at radius 1 is 1.08 bits per heavy atom. The van der Waals surface area contributed by atoms with Gasteiger partial charge in [0.1, 0.15) is 6.04 Å². The van der Waals surface area contributed by atoms with Crippen LogP contribution in [-0.4, -0.2) is 67.0 Å². The summed E-state index contributed by atoms with van der Waals surface area (Å²) in [4.78, 5) is 51.6. The van der Waals surface area contributed by atoms with E-state index in [0.29, 0.717) is 31.1 Å². The molecular weight excluding hydrogens is 504 g/mol. The van der Waals surface area contributed by atoms with Gasteiger partial charge in [-0.15, -0.1) is 0 Å². The Balaban J connectivity index is 1.44. The maximum absolute atomic E-state index is 13.7. The minimum atomic E-state index is -0.825. The molecule has 0 aromatic heterocycles. The van der Waals surface area contributed by atoms with Gasteiger partial charge >= 0.3 is 5.97 Å². The first kappa shape index (κ1) is 28.4. The summed E-state index contributed by atoms with van der Waals surface area (Å²) < 4.78 is 5.20. The van der Waals surface area contributed by atoms with Crippen LogP contribution in [0.3, 0.4) is 0 Å². The summed E-state index contributed by atoms with van der Waals surface area (Å²) >= 11 is 1.60.